The first-order chi connectivity index (χ1) is 10.5. The Morgan fingerprint density at radius 3 is 1.91 bits per heavy atom. The minimum Gasteiger partial charge on any atom is -0.435 e. The van der Waals surface area contributed by atoms with E-state index in [-0.39, 0.29) is 17.0 Å². The van der Waals surface area contributed by atoms with Gasteiger partial charge in [0.25, 0.3) is 0 Å². The third-order valence-corrected chi connectivity index (χ3v) is 3.93. The van der Waals surface area contributed by atoms with Crippen molar-refractivity contribution in [2.24, 2.45) is 0 Å². The first-order valence-electron chi connectivity index (χ1n) is 6.91. The number of rotatable bonds is 5. The molecule has 0 aliphatic carbocycles. The molecule has 0 amide bonds. The molecule has 2 rings (SSSR count). The van der Waals surface area contributed by atoms with Crippen molar-refractivity contribution in [1.29, 1.82) is 0 Å². The number of hydrogen-bond acceptors (Lipinski definition) is 4. The second-order valence-electron chi connectivity index (χ2n) is 6.04. The van der Waals surface area contributed by atoms with Crippen LogP contribution >= 0.6 is 0 Å². The molecule has 0 spiro atoms. The summed E-state index contributed by atoms with van der Waals surface area (Å²) in [5, 5.41) is 0. The van der Waals surface area contributed by atoms with Crippen molar-refractivity contribution in [2.75, 3.05) is 0 Å². The maximum absolute atomic E-state index is 12.6. The van der Waals surface area contributed by atoms with Gasteiger partial charge in [0.2, 0.25) is 0 Å². The van der Waals surface area contributed by atoms with Crippen molar-refractivity contribution < 1.29 is 36.3 Å². The number of benzene rings is 1. The molecule has 4 nitrogen and oxygen atoms in total. The molecule has 0 aromatic heterocycles. The van der Waals surface area contributed by atoms with E-state index in [1.807, 2.05) is 0 Å². The van der Waals surface area contributed by atoms with Gasteiger partial charge in [-0.2, -0.15) is 17.6 Å². The molecule has 0 atom stereocenters. The van der Waals surface area contributed by atoms with E-state index in [0.717, 1.165) is 6.07 Å². The Bertz CT molecular complexity index is 550. The van der Waals surface area contributed by atoms with Crippen molar-refractivity contribution in [3.63, 3.8) is 0 Å². The smallest absolute Gasteiger partial charge is 0.435 e. The van der Waals surface area contributed by atoms with Gasteiger partial charge < -0.3 is 18.8 Å². The molecular formula is C14H17BF4O4. The first-order valence-corrected chi connectivity index (χ1v) is 6.91. The predicted molar refractivity (Wildman–Crippen MR) is 75.4 cm³/mol. The Labute approximate surface area is 131 Å². The van der Waals surface area contributed by atoms with Gasteiger partial charge in [-0.3, -0.25) is 0 Å². The second-order valence-corrected chi connectivity index (χ2v) is 6.04. The highest BCUT2D eigenvalue weighted by atomic mass is 19.3. The summed E-state index contributed by atoms with van der Waals surface area (Å²) in [6.45, 7) is 1.00. The number of halogens is 4. The summed E-state index contributed by atoms with van der Waals surface area (Å²) in [5.74, 6) is -0.632. The van der Waals surface area contributed by atoms with E-state index < -0.39 is 31.5 Å². The van der Waals surface area contributed by atoms with Crippen molar-refractivity contribution >= 4 is 12.6 Å². The Kier molecular flexibility index (Phi) is 4.82. The van der Waals surface area contributed by atoms with Gasteiger partial charge in [-0.15, -0.1) is 0 Å². The minimum absolute atomic E-state index is 0.172. The van der Waals surface area contributed by atoms with Crippen molar-refractivity contribution in [1.82, 2.24) is 0 Å². The van der Waals surface area contributed by atoms with Crippen LogP contribution in [-0.4, -0.2) is 31.5 Å². The molecule has 0 bridgehead atoms. The summed E-state index contributed by atoms with van der Waals surface area (Å²) in [4.78, 5) is 0. The lowest BCUT2D eigenvalue weighted by Gasteiger charge is -2.32. The van der Waals surface area contributed by atoms with Crippen LogP contribution < -0.4 is 14.9 Å². The van der Waals surface area contributed by atoms with Gasteiger partial charge in [0, 0.05) is 11.5 Å². The summed E-state index contributed by atoms with van der Waals surface area (Å²) >= 11 is 0. The lowest BCUT2D eigenvalue weighted by atomic mass is 9.78. The molecular weight excluding hydrogens is 319 g/mol. The topological polar surface area (TPSA) is 36.9 Å². The van der Waals surface area contributed by atoms with E-state index in [0.29, 0.717) is 0 Å². The van der Waals surface area contributed by atoms with Gasteiger partial charge in [0.05, 0.1) is 11.2 Å². The molecule has 1 aliphatic heterocycles. The fourth-order valence-electron chi connectivity index (χ4n) is 2.05. The molecule has 1 saturated heterocycles. The highest BCUT2D eigenvalue weighted by Gasteiger charge is 2.52. The van der Waals surface area contributed by atoms with Crippen LogP contribution in [0.3, 0.4) is 0 Å². The molecule has 1 heterocycles. The minimum atomic E-state index is -3.13. The van der Waals surface area contributed by atoms with E-state index in [9.17, 15) is 17.6 Å². The van der Waals surface area contributed by atoms with Crippen LogP contribution in [0.4, 0.5) is 17.6 Å². The highest BCUT2D eigenvalue weighted by Crippen LogP contribution is 2.37. The summed E-state index contributed by atoms with van der Waals surface area (Å²) in [7, 11) is -0.964. The summed E-state index contributed by atoms with van der Waals surface area (Å²) in [6.07, 6.45) is 0. The van der Waals surface area contributed by atoms with Crippen LogP contribution in [0, 0.1) is 0 Å². The fraction of sp³-hybridized carbons (Fsp3) is 0.571. The molecule has 128 valence electrons. The SMILES string of the molecule is CC1(C)OB(c2ccc(OC(F)F)cc2OC(F)F)OC1(C)C. The maximum Gasteiger partial charge on any atom is 0.498 e. The van der Waals surface area contributed by atoms with Crippen LogP contribution in [0.5, 0.6) is 11.5 Å². The van der Waals surface area contributed by atoms with Gasteiger partial charge in [0.15, 0.2) is 0 Å². The molecule has 9 heteroatoms. The molecule has 1 aromatic rings. The van der Waals surface area contributed by atoms with E-state index in [4.69, 9.17) is 9.31 Å². The zero-order chi connectivity index (χ0) is 17.4. The Morgan fingerprint density at radius 1 is 0.913 bits per heavy atom. The molecule has 0 saturated carbocycles. The fourth-order valence-corrected chi connectivity index (χ4v) is 2.05. The van der Waals surface area contributed by atoms with E-state index >= 15 is 0 Å². The normalized spacial score (nSPS) is 19.5. The van der Waals surface area contributed by atoms with Crippen molar-refractivity contribution in [3.8, 4) is 11.5 Å². The molecule has 23 heavy (non-hydrogen) atoms. The molecule has 1 aliphatic rings. The summed E-state index contributed by atoms with van der Waals surface area (Å²) in [6, 6.07) is 3.47. The zero-order valence-corrected chi connectivity index (χ0v) is 13.1. The second kappa shape index (κ2) is 6.20. The van der Waals surface area contributed by atoms with Crippen LogP contribution in [0.15, 0.2) is 18.2 Å². The van der Waals surface area contributed by atoms with Crippen molar-refractivity contribution in [3.05, 3.63) is 18.2 Å². The number of hydrogen-bond donors (Lipinski definition) is 0. The quantitative estimate of drug-likeness (QED) is 0.611. The van der Waals surface area contributed by atoms with Crippen LogP contribution in [-0.2, 0) is 9.31 Å². The number of alkyl halides is 4. The average Bonchev–Trinajstić information content (AvgIpc) is 2.56. The van der Waals surface area contributed by atoms with Gasteiger partial charge in [-0.1, -0.05) is 6.07 Å². The molecule has 0 radical (unpaired) electrons. The van der Waals surface area contributed by atoms with Gasteiger partial charge in [-0.25, -0.2) is 0 Å². The molecule has 1 aromatic carbocycles. The Hall–Kier alpha value is -1.48. The van der Waals surface area contributed by atoms with Gasteiger partial charge >= 0.3 is 20.3 Å². The van der Waals surface area contributed by atoms with Gasteiger partial charge in [0.1, 0.15) is 11.5 Å². The van der Waals surface area contributed by atoms with Crippen LogP contribution in [0.2, 0.25) is 0 Å². The summed E-state index contributed by atoms with van der Waals surface area (Å²) in [5.41, 5.74) is -1.19. The molecule has 0 N–H and O–H groups in total. The zero-order valence-electron chi connectivity index (χ0n) is 13.1. The first kappa shape index (κ1) is 17.9. The van der Waals surface area contributed by atoms with E-state index in [2.05, 4.69) is 9.47 Å². The van der Waals surface area contributed by atoms with Crippen LogP contribution in [0.1, 0.15) is 27.7 Å². The average molecular weight is 336 g/mol. The van der Waals surface area contributed by atoms with E-state index in [1.165, 1.54) is 12.1 Å². The maximum atomic E-state index is 12.6. The summed E-state index contributed by atoms with van der Waals surface area (Å²) < 4.78 is 69.8. The number of ether oxygens (including phenoxy) is 2. The van der Waals surface area contributed by atoms with E-state index in [1.54, 1.807) is 27.7 Å². The van der Waals surface area contributed by atoms with Gasteiger partial charge in [-0.05, 0) is 33.8 Å². The van der Waals surface area contributed by atoms with Crippen LogP contribution in [0.25, 0.3) is 0 Å². The molecule has 1 fully saturated rings. The highest BCUT2D eigenvalue weighted by molar-refractivity contribution is 6.63. The predicted octanol–water partition coefficient (Wildman–Crippen LogP) is 3.19. The Morgan fingerprint density at radius 2 is 1.43 bits per heavy atom. The van der Waals surface area contributed by atoms with Crippen molar-refractivity contribution in [2.45, 2.75) is 52.1 Å². The Balaban J connectivity index is 2.34. The largest absolute Gasteiger partial charge is 0.498 e. The third-order valence-electron chi connectivity index (χ3n) is 3.93. The standard InChI is InChI=1S/C14H17BF4O4/c1-13(2)14(3,4)23-15(22-13)9-6-5-8(20-11(16)17)7-10(9)21-12(18)19/h5-7,11-12H,1-4H3. The molecule has 0 unspecified atom stereocenters. The lowest BCUT2D eigenvalue weighted by Crippen LogP contribution is -2.41. The third kappa shape index (κ3) is 3.90. The monoisotopic (exact) mass is 336 g/mol. The lowest BCUT2D eigenvalue weighted by molar-refractivity contribution is -0.0538.